The zero-order chi connectivity index (χ0) is 22.2. The van der Waals surface area contributed by atoms with Gasteiger partial charge in [0.1, 0.15) is 19.8 Å². The highest BCUT2D eigenvalue weighted by Crippen LogP contribution is 2.37. The molecule has 0 atom stereocenters. The average Bonchev–Trinajstić information content (AvgIpc) is 3.11. The Kier molecular flexibility index (Phi) is 5.49. The SMILES string of the molecule is O=C(Nc1nc2cc3c(cc2s1)OCCO3)c1cccc(S(=O)(=O)NCC(F)(F)F)c1. The van der Waals surface area contributed by atoms with Gasteiger partial charge >= 0.3 is 6.18 Å². The average molecular weight is 473 g/mol. The molecule has 0 fully saturated rings. The van der Waals surface area contributed by atoms with E-state index in [1.54, 1.807) is 12.1 Å². The minimum Gasteiger partial charge on any atom is -0.486 e. The number of sulfonamides is 1. The molecule has 0 saturated heterocycles. The number of aromatic nitrogens is 1. The summed E-state index contributed by atoms with van der Waals surface area (Å²) in [6, 6.07) is 8.12. The van der Waals surface area contributed by atoms with E-state index in [1.807, 2.05) is 0 Å². The standard InChI is InChI=1S/C18H14F3N3O5S2/c19-18(20,21)9-22-31(26,27)11-3-1-2-10(6-11)16(25)24-17-23-12-7-13-14(8-15(12)30-17)29-5-4-28-13/h1-3,6-8,22H,4-5,9H2,(H,23,24,25). The largest absolute Gasteiger partial charge is 0.486 e. The summed E-state index contributed by atoms with van der Waals surface area (Å²) in [5.74, 6) is 0.458. The third-order valence-electron chi connectivity index (χ3n) is 4.14. The molecule has 1 aliphatic heterocycles. The number of rotatable bonds is 5. The van der Waals surface area contributed by atoms with Crippen molar-refractivity contribution in [2.75, 3.05) is 25.1 Å². The Morgan fingerprint density at radius 2 is 1.84 bits per heavy atom. The molecule has 1 aliphatic rings. The fraction of sp³-hybridized carbons (Fsp3) is 0.222. The number of amides is 1. The summed E-state index contributed by atoms with van der Waals surface area (Å²) in [7, 11) is -4.44. The lowest BCUT2D eigenvalue weighted by Gasteiger charge is -2.17. The van der Waals surface area contributed by atoms with Gasteiger partial charge in [-0.05, 0) is 18.2 Å². The number of halogens is 3. The number of nitrogens with one attached hydrogen (secondary N) is 2. The number of carbonyl (C=O) groups excluding carboxylic acids is 1. The molecular weight excluding hydrogens is 459 g/mol. The minimum atomic E-state index is -4.70. The predicted octanol–water partition coefficient (Wildman–Crippen LogP) is 3.16. The van der Waals surface area contributed by atoms with E-state index >= 15 is 0 Å². The molecule has 31 heavy (non-hydrogen) atoms. The molecule has 8 nitrogen and oxygen atoms in total. The zero-order valence-electron chi connectivity index (χ0n) is 15.5. The summed E-state index contributed by atoms with van der Waals surface area (Å²) < 4.78 is 74.3. The summed E-state index contributed by atoms with van der Waals surface area (Å²) in [6.45, 7) is -0.865. The Labute approximate surface area is 178 Å². The van der Waals surface area contributed by atoms with Gasteiger partial charge in [-0.25, -0.2) is 18.1 Å². The molecular formula is C18H14F3N3O5S2. The van der Waals surface area contributed by atoms with Crippen LogP contribution in [0.4, 0.5) is 18.3 Å². The van der Waals surface area contributed by atoms with Crippen LogP contribution in [0.3, 0.4) is 0 Å². The molecule has 1 aromatic heterocycles. The predicted molar refractivity (Wildman–Crippen MR) is 106 cm³/mol. The van der Waals surface area contributed by atoms with Gasteiger partial charge in [-0.1, -0.05) is 17.4 Å². The van der Waals surface area contributed by atoms with Crippen molar-refractivity contribution in [3.8, 4) is 11.5 Å². The first-order valence-electron chi connectivity index (χ1n) is 8.79. The van der Waals surface area contributed by atoms with Gasteiger partial charge in [-0.15, -0.1) is 0 Å². The van der Waals surface area contributed by atoms with E-state index in [4.69, 9.17) is 9.47 Å². The van der Waals surface area contributed by atoms with Crippen molar-refractivity contribution in [3.63, 3.8) is 0 Å². The van der Waals surface area contributed by atoms with E-state index in [2.05, 4.69) is 10.3 Å². The van der Waals surface area contributed by atoms with Gasteiger partial charge in [-0.2, -0.15) is 13.2 Å². The van der Waals surface area contributed by atoms with Crippen molar-refractivity contribution in [2.24, 2.45) is 0 Å². The molecule has 3 aromatic rings. The molecule has 0 radical (unpaired) electrons. The summed E-state index contributed by atoms with van der Waals surface area (Å²) in [5, 5.41) is 2.82. The van der Waals surface area contributed by atoms with Crippen LogP contribution >= 0.6 is 11.3 Å². The topological polar surface area (TPSA) is 107 Å². The zero-order valence-corrected chi connectivity index (χ0v) is 17.2. The Morgan fingerprint density at radius 1 is 1.13 bits per heavy atom. The van der Waals surface area contributed by atoms with Gasteiger partial charge in [0.25, 0.3) is 5.91 Å². The van der Waals surface area contributed by atoms with Crippen LogP contribution in [0.15, 0.2) is 41.3 Å². The Bertz CT molecular complexity index is 1220. The second kappa shape index (κ2) is 7.98. The molecule has 0 saturated carbocycles. The Morgan fingerprint density at radius 3 is 2.55 bits per heavy atom. The monoisotopic (exact) mass is 473 g/mol. The lowest BCUT2D eigenvalue weighted by atomic mass is 10.2. The number of carbonyl (C=O) groups is 1. The first-order valence-corrected chi connectivity index (χ1v) is 11.1. The smallest absolute Gasteiger partial charge is 0.402 e. The molecule has 2 heterocycles. The number of alkyl halides is 3. The van der Waals surface area contributed by atoms with Crippen molar-refractivity contribution in [1.82, 2.24) is 9.71 Å². The van der Waals surface area contributed by atoms with Gasteiger partial charge in [-0.3, -0.25) is 10.1 Å². The molecule has 164 valence electrons. The highest BCUT2D eigenvalue weighted by molar-refractivity contribution is 7.89. The Hall–Kier alpha value is -2.90. The fourth-order valence-corrected chi connectivity index (χ4v) is 4.68. The van der Waals surface area contributed by atoms with Crippen molar-refractivity contribution in [2.45, 2.75) is 11.1 Å². The van der Waals surface area contributed by atoms with E-state index in [9.17, 15) is 26.4 Å². The first kappa shape index (κ1) is 21.3. The summed E-state index contributed by atoms with van der Waals surface area (Å²) in [4.78, 5) is 16.4. The highest BCUT2D eigenvalue weighted by Gasteiger charge is 2.30. The number of ether oxygens (including phenoxy) is 2. The second-order valence-corrected chi connectivity index (χ2v) is 9.20. The summed E-state index contributed by atoms with van der Waals surface area (Å²) in [6.07, 6.45) is -4.70. The number of hydrogen-bond acceptors (Lipinski definition) is 7. The third kappa shape index (κ3) is 4.89. The van der Waals surface area contributed by atoms with Crippen molar-refractivity contribution in [3.05, 3.63) is 42.0 Å². The van der Waals surface area contributed by atoms with Crippen molar-refractivity contribution < 1.29 is 35.9 Å². The molecule has 0 unspecified atom stereocenters. The molecule has 0 bridgehead atoms. The number of fused-ring (bicyclic) bond motifs is 2. The lowest BCUT2D eigenvalue weighted by Crippen LogP contribution is -2.33. The third-order valence-corrected chi connectivity index (χ3v) is 6.47. The van der Waals surface area contributed by atoms with Gasteiger partial charge in [0.05, 0.1) is 15.1 Å². The molecule has 4 rings (SSSR count). The van der Waals surface area contributed by atoms with E-state index in [0.29, 0.717) is 30.2 Å². The van der Waals surface area contributed by atoms with Gasteiger partial charge < -0.3 is 9.47 Å². The lowest BCUT2D eigenvalue weighted by molar-refractivity contribution is -0.121. The number of benzene rings is 2. The summed E-state index contributed by atoms with van der Waals surface area (Å²) >= 11 is 1.18. The number of thiazole rings is 1. The minimum absolute atomic E-state index is 0.0555. The van der Waals surface area contributed by atoms with E-state index in [-0.39, 0.29) is 10.7 Å². The van der Waals surface area contributed by atoms with Crippen LogP contribution in [0, 0.1) is 0 Å². The quantitative estimate of drug-likeness (QED) is 0.590. The highest BCUT2D eigenvalue weighted by atomic mass is 32.2. The molecule has 13 heteroatoms. The molecule has 2 aromatic carbocycles. The van der Waals surface area contributed by atoms with Crippen LogP contribution < -0.4 is 19.5 Å². The van der Waals surface area contributed by atoms with Gasteiger partial charge in [0.2, 0.25) is 10.0 Å². The second-order valence-electron chi connectivity index (χ2n) is 6.40. The fourth-order valence-electron chi connectivity index (χ4n) is 2.75. The van der Waals surface area contributed by atoms with E-state index in [0.717, 1.165) is 16.8 Å². The Balaban J connectivity index is 1.53. The maximum absolute atomic E-state index is 12.6. The summed E-state index contributed by atoms with van der Waals surface area (Å²) in [5.41, 5.74) is 0.525. The van der Waals surface area contributed by atoms with E-state index in [1.165, 1.54) is 28.2 Å². The number of nitrogens with zero attached hydrogens (tertiary/aromatic N) is 1. The molecule has 1 amide bonds. The van der Waals surface area contributed by atoms with Gasteiger partial charge in [0, 0.05) is 17.7 Å². The van der Waals surface area contributed by atoms with Crippen molar-refractivity contribution in [1.29, 1.82) is 0 Å². The maximum Gasteiger partial charge on any atom is 0.402 e. The van der Waals surface area contributed by atoms with Crippen LogP contribution in [-0.4, -0.2) is 45.2 Å². The molecule has 0 aliphatic carbocycles. The number of hydrogen-bond donors (Lipinski definition) is 2. The van der Waals surface area contributed by atoms with Crippen LogP contribution in [0.5, 0.6) is 11.5 Å². The van der Waals surface area contributed by atoms with Crippen LogP contribution in [0.1, 0.15) is 10.4 Å². The van der Waals surface area contributed by atoms with Crippen LogP contribution in [0.2, 0.25) is 0 Å². The maximum atomic E-state index is 12.6. The normalized spacial score (nSPS) is 13.9. The van der Waals surface area contributed by atoms with E-state index < -0.39 is 33.5 Å². The molecule has 0 spiro atoms. The van der Waals surface area contributed by atoms with Gasteiger partial charge in [0.15, 0.2) is 16.6 Å². The van der Waals surface area contributed by atoms with Crippen LogP contribution in [0.25, 0.3) is 10.2 Å². The number of anilines is 1. The van der Waals surface area contributed by atoms with Crippen molar-refractivity contribution >= 4 is 42.6 Å². The van der Waals surface area contributed by atoms with Crippen LogP contribution in [-0.2, 0) is 10.0 Å². The first-order chi connectivity index (χ1) is 14.6. The molecule has 2 N–H and O–H groups in total.